The molecule has 3 heteroatoms. The molecule has 1 aromatic carbocycles. The molecule has 0 aromatic heterocycles. The molecule has 18 heavy (non-hydrogen) atoms. The summed E-state index contributed by atoms with van der Waals surface area (Å²) >= 11 is 0. The molecule has 0 unspecified atom stereocenters. The lowest BCUT2D eigenvalue weighted by molar-refractivity contribution is -0.117. The molecule has 1 saturated heterocycles. The fourth-order valence-corrected chi connectivity index (χ4v) is 2.02. The molecular weight excluding hydrogens is 226 g/mol. The topological polar surface area (TPSA) is 38.3 Å². The van der Waals surface area contributed by atoms with Gasteiger partial charge >= 0.3 is 0 Å². The van der Waals surface area contributed by atoms with Crippen molar-refractivity contribution >= 4 is 12.0 Å². The van der Waals surface area contributed by atoms with E-state index in [1.165, 1.54) is 0 Å². The van der Waals surface area contributed by atoms with Crippen molar-refractivity contribution in [1.82, 2.24) is 5.32 Å². The molecule has 96 valence electrons. The minimum atomic E-state index is -0.0191. The molecule has 3 nitrogen and oxygen atoms in total. The molecule has 0 saturated carbocycles. The van der Waals surface area contributed by atoms with E-state index in [1.807, 2.05) is 43.3 Å². The zero-order chi connectivity index (χ0) is 12.8. The third-order valence-corrected chi connectivity index (χ3v) is 3.06. The van der Waals surface area contributed by atoms with Crippen LogP contribution in [0.4, 0.5) is 0 Å². The maximum absolute atomic E-state index is 11.9. The van der Waals surface area contributed by atoms with Crippen molar-refractivity contribution in [3.05, 3.63) is 41.5 Å². The van der Waals surface area contributed by atoms with E-state index in [-0.39, 0.29) is 12.0 Å². The third-order valence-electron chi connectivity index (χ3n) is 3.06. The van der Waals surface area contributed by atoms with Crippen LogP contribution in [0.25, 0.3) is 6.08 Å². The summed E-state index contributed by atoms with van der Waals surface area (Å²) in [6, 6.07) is 9.85. The number of carbonyl (C=O) groups is 1. The molecule has 1 amide bonds. The van der Waals surface area contributed by atoms with Crippen LogP contribution in [0.1, 0.15) is 25.3 Å². The summed E-state index contributed by atoms with van der Waals surface area (Å²) in [5, 5.41) is 2.91. The first kappa shape index (κ1) is 12.8. The predicted octanol–water partition coefficient (Wildman–Crippen LogP) is 2.39. The van der Waals surface area contributed by atoms with Gasteiger partial charge in [0.25, 0.3) is 0 Å². The van der Waals surface area contributed by atoms with Crippen LogP contribution in [0.2, 0.25) is 0 Å². The Kier molecular flexibility index (Phi) is 4.53. The molecule has 1 atom stereocenters. The second-order valence-electron chi connectivity index (χ2n) is 4.58. The molecule has 1 aliphatic rings. The molecule has 0 spiro atoms. The Morgan fingerprint density at radius 3 is 2.89 bits per heavy atom. The van der Waals surface area contributed by atoms with Crippen LogP contribution in [0.3, 0.4) is 0 Å². The highest BCUT2D eigenvalue weighted by atomic mass is 16.5. The molecule has 0 bridgehead atoms. The number of ether oxygens (including phenoxy) is 1. The summed E-state index contributed by atoms with van der Waals surface area (Å²) in [6.07, 6.45) is 4.23. The second-order valence-corrected chi connectivity index (χ2v) is 4.58. The average molecular weight is 245 g/mol. The maximum atomic E-state index is 11.9. The molecule has 1 aromatic rings. The van der Waals surface area contributed by atoms with Crippen molar-refractivity contribution in [1.29, 1.82) is 0 Å². The van der Waals surface area contributed by atoms with Crippen LogP contribution < -0.4 is 5.32 Å². The fraction of sp³-hybridized carbons (Fsp3) is 0.400. The van der Waals surface area contributed by atoms with Gasteiger partial charge in [-0.3, -0.25) is 4.79 Å². The van der Waals surface area contributed by atoms with Gasteiger partial charge < -0.3 is 10.1 Å². The van der Waals surface area contributed by atoms with Gasteiger partial charge in [0.2, 0.25) is 5.91 Å². The Hall–Kier alpha value is -1.61. The van der Waals surface area contributed by atoms with E-state index in [0.717, 1.165) is 30.6 Å². The van der Waals surface area contributed by atoms with Crippen molar-refractivity contribution in [3.8, 4) is 0 Å². The van der Waals surface area contributed by atoms with Gasteiger partial charge in [-0.05, 0) is 31.4 Å². The van der Waals surface area contributed by atoms with Crippen LogP contribution in [0.5, 0.6) is 0 Å². The number of rotatable bonds is 4. The Bertz CT molecular complexity index is 419. The monoisotopic (exact) mass is 245 g/mol. The van der Waals surface area contributed by atoms with E-state index in [2.05, 4.69) is 5.32 Å². The summed E-state index contributed by atoms with van der Waals surface area (Å²) in [6.45, 7) is 3.26. The van der Waals surface area contributed by atoms with Gasteiger partial charge in [0.05, 0.1) is 6.10 Å². The molecule has 0 aliphatic carbocycles. The number of carbonyl (C=O) groups excluding carboxylic acids is 1. The van der Waals surface area contributed by atoms with E-state index < -0.39 is 0 Å². The van der Waals surface area contributed by atoms with Gasteiger partial charge in [0.1, 0.15) is 0 Å². The van der Waals surface area contributed by atoms with Crippen molar-refractivity contribution in [2.75, 3.05) is 13.2 Å². The minimum absolute atomic E-state index is 0.0191. The molecular formula is C15H19NO2. The Balaban J connectivity index is 1.86. The van der Waals surface area contributed by atoms with E-state index in [4.69, 9.17) is 4.74 Å². The minimum Gasteiger partial charge on any atom is -0.376 e. The first-order valence-corrected chi connectivity index (χ1v) is 6.39. The molecule has 0 radical (unpaired) electrons. The largest absolute Gasteiger partial charge is 0.376 e. The summed E-state index contributed by atoms with van der Waals surface area (Å²) in [5.41, 5.74) is 1.77. The van der Waals surface area contributed by atoms with Crippen LogP contribution in [-0.4, -0.2) is 25.2 Å². The Labute approximate surface area is 108 Å². The SMILES string of the molecule is C/C(=C/c1ccccc1)C(=O)NC[C@H]1CCCO1. The molecule has 2 rings (SSSR count). The van der Waals surface area contributed by atoms with Crippen molar-refractivity contribution in [2.45, 2.75) is 25.9 Å². The van der Waals surface area contributed by atoms with Crippen molar-refractivity contribution in [3.63, 3.8) is 0 Å². The summed E-state index contributed by atoms with van der Waals surface area (Å²) < 4.78 is 5.47. The number of hydrogen-bond donors (Lipinski definition) is 1. The van der Waals surface area contributed by atoms with E-state index in [9.17, 15) is 4.79 Å². The van der Waals surface area contributed by atoms with Crippen LogP contribution in [0.15, 0.2) is 35.9 Å². The van der Waals surface area contributed by atoms with Gasteiger partial charge in [-0.1, -0.05) is 30.3 Å². The molecule has 1 N–H and O–H groups in total. The van der Waals surface area contributed by atoms with Crippen molar-refractivity contribution < 1.29 is 9.53 Å². The quantitative estimate of drug-likeness (QED) is 0.827. The van der Waals surface area contributed by atoms with E-state index in [1.54, 1.807) is 0 Å². The smallest absolute Gasteiger partial charge is 0.247 e. The third kappa shape index (κ3) is 3.70. The summed E-state index contributed by atoms with van der Waals surface area (Å²) in [5.74, 6) is -0.0191. The Morgan fingerprint density at radius 2 is 2.22 bits per heavy atom. The number of benzene rings is 1. The lowest BCUT2D eigenvalue weighted by Crippen LogP contribution is -2.32. The summed E-state index contributed by atoms with van der Waals surface area (Å²) in [7, 11) is 0. The van der Waals surface area contributed by atoms with Crippen molar-refractivity contribution in [2.24, 2.45) is 0 Å². The second kappa shape index (κ2) is 6.36. The van der Waals surface area contributed by atoms with E-state index >= 15 is 0 Å². The first-order chi connectivity index (χ1) is 8.75. The first-order valence-electron chi connectivity index (χ1n) is 6.39. The predicted molar refractivity (Wildman–Crippen MR) is 72.1 cm³/mol. The van der Waals surface area contributed by atoms with Gasteiger partial charge in [0, 0.05) is 18.7 Å². The number of nitrogens with one attached hydrogen (secondary N) is 1. The zero-order valence-electron chi connectivity index (χ0n) is 10.7. The number of amides is 1. The lowest BCUT2D eigenvalue weighted by atomic mass is 10.1. The highest BCUT2D eigenvalue weighted by molar-refractivity contribution is 5.97. The highest BCUT2D eigenvalue weighted by Gasteiger charge is 2.16. The lowest BCUT2D eigenvalue weighted by Gasteiger charge is -2.10. The van der Waals surface area contributed by atoms with Crippen LogP contribution in [-0.2, 0) is 9.53 Å². The molecule has 1 fully saturated rings. The molecule has 1 aliphatic heterocycles. The highest BCUT2D eigenvalue weighted by Crippen LogP contribution is 2.11. The zero-order valence-corrected chi connectivity index (χ0v) is 10.7. The fourth-order valence-electron chi connectivity index (χ4n) is 2.02. The molecule has 1 heterocycles. The summed E-state index contributed by atoms with van der Waals surface area (Å²) in [4.78, 5) is 11.9. The van der Waals surface area contributed by atoms with Gasteiger partial charge in [-0.15, -0.1) is 0 Å². The van der Waals surface area contributed by atoms with E-state index in [0.29, 0.717) is 6.54 Å². The van der Waals surface area contributed by atoms with Gasteiger partial charge in [-0.25, -0.2) is 0 Å². The van der Waals surface area contributed by atoms with Crippen LogP contribution in [0, 0.1) is 0 Å². The van der Waals surface area contributed by atoms with Crippen LogP contribution >= 0.6 is 0 Å². The standard InChI is InChI=1S/C15H19NO2/c1-12(10-13-6-3-2-4-7-13)15(17)16-11-14-8-5-9-18-14/h2-4,6-7,10,14H,5,8-9,11H2,1H3,(H,16,17)/b12-10-/t14-/m1/s1. The number of hydrogen-bond acceptors (Lipinski definition) is 2. The van der Waals surface area contributed by atoms with Gasteiger partial charge in [0.15, 0.2) is 0 Å². The Morgan fingerprint density at radius 1 is 1.44 bits per heavy atom. The average Bonchev–Trinajstić information content (AvgIpc) is 2.90. The van der Waals surface area contributed by atoms with Gasteiger partial charge in [-0.2, -0.15) is 0 Å². The maximum Gasteiger partial charge on any atom is 0.247 e. The normalized spacial score (nSPS) is 19.8.